The van der Waals surface area contributed by atoms with Crippen molar-refractivity contribution in [2.75, 3.05) is 87.5 Å². The number of likely N-dealkylation sites (N-methyl/N-ethyl adjacent to an activating group) is 2. The van der Waals surface area contributed by atoms with Crippen LogP contribution >= 0.6 is 11.6 Å². The first kappa shape index (κ1) is 28.8. The maximum atomic E-state index is 6.50. The van der Waals surface area contributed by atoms with E-state index < -0.39 is 0 Å². The summed E-state index contributed by atoms with van der Waals surface area (Å²) in [4.78, 5) is 19.1. The van der Waals surface area contributed by atoms with Gasteiger partial charge in [0.25, 0.3) is 0 Å². The highest BCUT2D eigenvalue weighted by molar-refractivity contribution is 6.32. The molecule has 10 heteroatoms. The highest BCUT2D eigenvalue weighted by Crippen LogP contribution is 2.37. The summed E-state index contributed by atoms with van der Waals surface area (Å²) in [7, 11) is 6.07. The molecule has 2 fully saturated rings. The zero-order chi connectivity index (χ0) is 29.2. The predicted molar refractivity (Wildman–Crippen MR) is 174 cm³/mol. The van der Waals surface area contributed by atoms with E-state index in [0.717, 1.165) is 43.2 Å². The van der Waals surface area contributed by atoms with Gasteiger partial charge in [0.15, 0.2) is 5.82 Å². The Morgan fingerprint density at radius 3 is 2.57 bits per heavy atom. The molecule has 3 aliphatic rings. The van der Waals surface area contributed by atoms with Crippen LogP contribution in [0.3, 0.4) is 0 Å². The molecule has 0 amide bonds. The minimum atomic E-state index is 0.453. The number of methoxy groups -OCH3 is 1. The summed E-state index contributed by atoms with van der Waals surface area (Å²) in [6.07, 6.45) is 6.35. The van der Waals surface area contributed by atoms with E-state index in [1.165, 1.54) is 67.9 Å². The molecule has 2 aromatic carbocycles. The van der Waals surface area contributed by atoms with Crippen molar-refractivity contribution in [3.63, 3.8) is 0 Å². The second kappa shape index (κ2) is 12.5. The van der Waals surface area contributed by atoms with Gasteiger partial charge < -0.3 is 30.1 Å². The molecular weight excluding hydrogens is 548 g/mol. The topological polar surface area (TPSA) is 72.0 Å². The van der Waals surface area contributed by atoms with Crippen LogP contribution in [0.1, 0.15) is 30.4 Å². The monoisotopic (exact) mass is 590 g/mol. The number of hydrogen-bond donors (Lipinski definition) is 2. The number of rotatable bonds is 7. The number of aromatic nitrogens is 2. The van der Waals surface area contributed by atoms with Gasteiger partial charge >= 0.3 is 0 Å². The highest BCUT2D eigenvalue weighted by Gasteiger charge is 2.27. The smallest absolute Gasteiger partial charge is 0.229 e. The molecule has 0 unspecified atom stereocenters. The van der Waals surface area contributed by atoms with Crippen LogP contribution in [0.4, 0.5) is 34.5 Å². The summed E-state index contributed by atoms with van der Waals surface area (Å²) in [5.41, 5.74) is 6.80. The number of anilines is 6. The molecule has 1 aromatic heterocycles. The fourth-order valence-electron chi connectivity index (χ4n) is 6.58. The van der Waals surface area contributed by atoms with Crippen LogP contribution in [0.15, 0.2) is 36.5 Å². The molecule has 4 heterocycles. The second-order valence-electron chi connectivity index (χ2n) is 11.9. The molecule has 0 radical (unpaired) electrons. The maximum absolute atomic E-state index is 6.50. The van der Waals surface area contributed by atoms with E-state index in [1.54, 1.807) is 13.3 Å². The van der Waals surface area contributed by atoms with Crippen LogP contribution in [0.5, 0.6) is 5.75 Å². The summed E-state index contributed by atoms with van der Waals surface area (Å²) < 4.78 is 5.84. The Kier molecular flexibility index (Phi) is 8.60. The molecule has 42 heavy (non-hydrogen) atoms. The number of aryl methyl sites for hydroxylation is 1. The first-order valence-corrected chi connectivity index (χ1v) is 15.5. The lowest BCUT2D eigenvalue weighted by molar-refractivity contribution is 0.174. The van der Waals surface area contributed by atoms with Crippen LogP contribution in [0, 0.1) is 6.92 Å². The van der Waals surface area contributed by atoms with Gasteiger partial charge in [0.2, 0.25) is 5.95 Å². The largest absolute Gasteiger partial charge is 0.494 e. The number of halogens is 1. The quantitative estimate of drug-likeness (QED) is 0.369. The molecule has 0 bridgehead atoms. The molecule has 0 saturated carbocycles. The molecule has 0 atom stereocenters. The van der Waals surface area contributed by atoms with Crippen molar-refractivity contribution in [1.29, 1.82) is 0 Å². The van der Waals surface area contributed by atoms with Gasteiger partial charge in [0, 0.05) is 68.9 Å². The standard InChI is InChI=1S/C32H43ClN8O/c1-22-18-27(30(42-4)20-28(22)41-14-9-25(10-15-41)40-12-5-11-38(2)16-17-40)36-32-34-21-26(33)31(37-32)35-24-7-6-23-8-13-39(3)29(23)19-24/h6-7,18-21,25H,5,8-17H2,1-4H3,(H2,34,35,36,37). The minimum absolute atomic E-state index is 0.453. The van der Waals surface area contributed by atoms with Gasteiger partial charge in [0.05, 0.1) is 19.0 Å². The Labute approximate surface area is 254 Å². The third-order valence-corrected chi connectivity index (χ3v) is 9.34. The van der Waals surface area contributed by atoms with E-state index in [4.69, 9.17) is 21.3 Å². The van der Waals surface area contributed by atoms with Gasteiger partial charge in [-0.1, -0.05) is 17.7 Å². The molecule has 9 nitrogen and oxygen atoms in total. The van der Waals surface area contributed by atoms with E-state index in [-0.39, 0.29) is 0 Å². The van der Waals surface area contributed by atoms with Crippen LogP contribution in [0.25, 0.3) is 0 Å². The van der Waals surface area contributed by atoms with Gasteiger partial charge in [-0.25, -0.2) is 4.98 Å². The van der Waals surface area contributed by atoms with Gasteiger partial charge in [0.1, 0.15) is 10.8 Å². The normalized spacial score (nSPS) is 18.6. The Balaban J connectivity index is 1.14. The fourth-order valence-corrected chi connectivity index (χ4v) is 6.72. The fraction of sp³-hybridized carbons (Fsp3) is 0.500. The predicted octanol–water partition coefficient (Wildman–Crippen LogP) is 5.53. The first-order chi connectivity index (χ1) is 20.4. The number of benzene rings is 2. The second-order valence-corrected chi connectivity index (χ2v) is 12.3. The molecular formula is C32H43ClN8O. The number of nitrogens with one attached hydrogen (secondary N) is 2. The summed E-state index contributed by atoms with van der Waals surface area (Å²) in [5.74, 6) is 1.78. The van der Waals surface area contributed by atoms with Crippen LogP contribution < -0.4 is 25.2 Å². The molecule has 3 aliphatic heterocycles. The number of hydrogen-bond acceptors (Lipinski definition) is 9. The Bertz CT molecular complexity index is 1410. The van der Waals surface area contributed by atoms with E-state index in [1.807, 2.05) is 0 Å². The summed E-state index contributed by atoms with van der Waals surface area (Å²) in [6.45, 7) is 10.1. The Hall–Kier alpha value is -3.27. The molecule has 3 aromatic rings. The number of fused-ring (bicyclic) bond motifs is 1. The number of ether oxygens (including phenoxy) is 1. The Morgan fingerprint density at radius 1 is 0.929 bits per heavy atom. The summed E-state index contributed by atoms with van der Waals surface area (Å²) in [6, 6.07) is 11.3. The SMILES string of the molecule is COc1cc(N2CCC(N3CCCN(C)CC3)CC2)c(C)cc1Nc1ncc(Cl)c(Nc2ccc3c(c2)N(C)CC3)n1. The average Bonchev–Trinajstić information content (AvgIpc) is 3.21. The average molecular weight is 591 g/mol. The van der Waals surface area contributed by atoms with E-state index in [9.17, 15) is 0 Å². The van der Waals surface area contributed by atoms with Gasteiger partial charge in [-0.05, 0) is 82.1 Å². The summed E-state index contributed by atoms with van der Waals surface area (Å²) in [5, 5.41) is 7.21. The zero-order valence-corrected chi connectivity index (χ0v) is 26.0. The van der Waals surface area contributed by atoms with Crippen molar-refractivity contribution in [2.45, 2.75) is 38.6 Å². The lowest BCUT2D eigenvalue weighted by atomic mass is 10.0. The number of piperidine rings is 1. The first-order valence-electron chi connectivity index (χ1n) is 15.1. The lowest BCUT2D eigenvalue weighted by Gasteiger charge is -2.39. The number of nitrogens with zero attached hydrogens (tertiary/aromatic N) is 6. The highest BCUT2D eigenvalue weighted by atomic mass is 35.5. The molecule has 2 N–H and O–H groups in total. The van der Waals surface area contributed by atoms with Crippen molar-refractivity contribution >= 4 is 46.1 Å². The van der Waals surface area contributed by atoms with Crippen molar-refractivity contribution in [2.24, 2.45) is 0 Å². The third-order valence-electron chi connectivity index (χ3n) is 9.06. The van der Waals surface area contributed by atoms with Crippen molar-refractivity contribution in [3.8, 4) is 5.75 Å². The Morgan fingerprint density at radius 2 is 1.76 bits per heavy atom. The van der Waals surface area contributed by atoms with Crippen LogP contribution in [-0.2, 0) is 6.42 Å². The maximum Gasteiger partial charge on any atom is 0.229 e. The summed E-state index contributed by atoms with van der Waals surface area (Å²) >= 11 is 6.50. The molecule has 2 saturated heterocycles. The van der Waals surface area contributed by atoms with E-state index in [2.05, 4.69) is 86.6 Å². The van der Waals surface area contributed by atoms with Gasteiger partial charge in [-0.3, -0.25) is 4.90 Å². The van der Waals surface area contributed by atoms with Crippen molar-refractivity contribution < 1.29 is 4.74 Å². The third kappa shape index (κ3) is 6.23. The van der Waals surface area contributed by atoms with E-state index >= 15 is 0 Å². The zero-order valence-electron chi connectivity index (χ0n) is 25.3. The van der Waals surface area contributed by atoms with Gasteiger partial charge in [-0.15, -0.1) is 0 Å². The van der Waals surface area contributed by atoms with Crippen molar-refractivity contribution in [3.05, 3.63) is 52.7 Å². The molecule has 0 aliphatic carbocycles. The molecule has 224 valence electrons. The van der Waals surface area contributed by atoms with Crippen molar-refractivity contribution in [1.82, 2.24) is 19.8 Å². The van der Waals surface area contributed by atoms with Crippen LogP contribution in [0.2, 0.25) is 5.02 Å². The molecule has 6 rings (SSSR count). The van der Waals surface area contributed by atoms with Crippen LogP contribution in [-0.4, -0.2) is 92.8 Å². The van der Waals surface area contributed by atoms with Gasteiger partial charge in [-0.2, -0.15) is 4.98 Å². The lowest BCUT2D eigenvalue weighted by Crippen LogP contribution is -2.46. The minimum Gasteiger partial charge on any atom is -0.494 e. The molecule has 0 spiro atoms. The van der Waals surface area contributed by atoms with E-state index in [0.29, 0.717) is 22.8 Å².